The summed E-state index contributed by atoms with van der Waals surface area (Å²) in [6.07, 6.45) is -14.7. The fourth-order valence-corrected chi connectivity index (χ4v) is 9.30. The minimum Gasteiger partial charge on any atom is -0.330 e. The van der Waals surface area contributed by atoms with Crippen molar-refractivity contribution in [1.29, 1.82) is 0 Å². The lowest BCUT2D eigenvalue weighted by atomic mass is 9.72. The van der Waals surface area contributed by atoms with Crippen LogP contribution in [-0.4, -0.2) is 56.5 Å². The Labute approximate surface area is 241 Å². The molecule has 5 rings (SSSR count). The fraction of sp³-hybridized carbons (Fsp3) is 0.519. The van der Waals surface area contributed by atoms with Crippen LogP contribution in [0.5, 0.6) is 0 Å². The summed E-state index contributed by atoms with van der Waals surface area (Å²) in [6, 6.07) is 4.20. The average molecular weight is 668 g/mol. The maximum absolute atomic E-state index is 14.9. The van der Waals surface area contributed by atoms with Crippen LogP contribution in [-0.2, 0) is 31.5 Å². The van der Waals surface area contributed by atoms with Gasteiger partial charge in [-0.1, -0.05) is 18.2 Å². The maximum atomic E-state index is 14.9. The topological polar surface area (TPSA) is 54.5 Å². The van der Waals surface area contributed by atoms with E-state index in [0.29, 0.717) is 6.07 Å². The Balaban J connectivity index is 1.66. The number of sulfone groups is 1. The Hall–Kier alpha value is -2.98. The van der Waals surface area contributed by atoms with E-state index in [1.54, 1.807) is 0 Å². The molecule has 2 aromatic carbocycles. The van der Waals surface area contributed by atoms with Crippen molar-refractivity contribution in [3.8, 4) is 0 Å². The maximum Gasteiger partial charge on any atom is 0.435 e. The van der Waals surface area contributed by atoms with Crippen molar-refractivity contribution in [2.75, 3.05) is 13.1 Å². The van der Waals surface area contributed by atoms with Gasteiger partial charge in [-0.05, 0) is 67.0 Å². The van der Waals surface area contributed by atoms with Crippen LogP contribution in [0.4, 0.5) is 52.7 Å². The van der Waals surface area contributed by atoms with E-state index in [2.05, 4.69) is 0 Å². The van der Waals surface area contributed by atoms with Crippen molar-refractivity contribution in [2.45, 2.75) is 65.2 Å². The zero-order chi connectivity index (χ0) is 32.9. The molecule has 1 amide bonds. The second-order valence-electron chi connectivity index (χ2n) is 11.3. The smallest absolute Gasteiger partial charge is 0.330 e. The highest BCUT2D eigenvalue weighted by atomic mass is 32.2. The number of nitrogens with zero attached hydrogens (tertiary/aromatic N) is 1. The lowest BCUT2D eigenvalue weighted by Crippen LogP contribution is -2.51. The largest absolute Gasteiger partial charge is 0.435 e. The molecule has 44 heavy (non-hydrogen) atoms. The number of hydrogen-bond donors (Lipinski definition) is 0. The van der Waals surface area contributed by atoms with Crippen molar-refractivity contribution >= 4 is 15.7 Å². The summed E-state index contributed by atoms with van der Waals surface area (Å²) in [7, 11) is -4.80. The molecule has 0 bridgehead atoms. The van der Waals surface area contributed by atoms with Gasteiger partial charge in [0.05, 0.1) is 18.0 Å². The molecule has 0 spiro atoms. The van der Waals surface area contributed by atoms with E-state index >= 15 is 0 Å². The van der Waals surface area contributed by atoms with Crippen LogP contribution in [0.2, 0.25) is 0 Å². The number of carbonyl (C=O) groups is 1. The highest BCUT2D eigenvalue weighted by molar-refractivity contribution is 7.92. The quantitative estimate of drug-likeness (QED) is 0.264. The third-order valence-electron chi connectivity index (χ3n) is 8.92. The Kier molecular flexibility index (Phi) is 7.19. The summed E-state index contributed by atoms with van der Waals surface area (Å²) in [5.74, 6) is -14.1. The molecule has 2 fully saturated rings. The van der Waals surface area contributed by atoms with Crippen molar-refractivity contribution in [2.24, 2.45) is 11.8 Å². The van der Waals surface area contributed by atoms with E-state index in [1.165, 1.54) is 0 Å². The molecule has 1 saturated carbocycles. The normalized spacial score (nSPS) is 26.8. The summed E-state index contributed by atoms with van der Waals surface area (Å²) in [6.45, 7) is -3.32. The number of benzene rings is 2. The molecule has 17 heteroatoms. The molecule has 1 aliphatic heterocycles. The van der Waals surface area contributed by atoms with Crippen LogP contribution >= 0.6 is 0 Å². The van der Waals surface area contributed by atoms with Gasteiger partial charge in [-0.25, -0.2) is 17.2 Å². The van der Waals surface area contributed by atoms with Crippen LogP contribution in [0, 0.1) is 17.7 Å². The van der Waals surface area contributed by atoms with Crippen molar-refractivity contribution < 1.29 is 65.9 Å². The molecule has 0 N–H and O–H groups in total. The van der Waals surface area contributed by atoms with Crippen LogP contribution < -0.4 is 0 Å². The zero-order valence-corrected chi connectivity index (χ0v) is 22.9. The molecule has 1 heterocycles. The molecule has 3 aliphatic rings. The van der Waals surface area contributed by atoms with Gasteiger partial charge in [-0.15, -0.1) is 0 Å². The van der Waals surface area contributed by atoms with Gasteiger partial charge in [0.15, 0.2) is 9.84 Å². The van der Waals surface area contributed by atoms with E-state index in [4.69, 9.17) is 0 Å². The molecule has 0 aromatic heterocycles. The first kappa shape index (κ1) is 32.4. The first-order chi connectivity index (χ1) is 20.0. The van der Waals surface area contributed by atoms with E-state index in [0.717, 1.165) is 24.3 Å². The van der Waals surface area contributed by atoms with Gasteiger partial charge in [0.2, 0.25) is 5.91 Å². The summed E-state index contributed by atoms with van der Waals surface area (Å²) in [4.78, 5) is 13.0. The van der Waals surface area contributed by atoms with Gasteiger partial charge in [0.1, 0.15) is 10.6 Å². The van der Waals surface area contributed by atoms with E-state index < -0.39 is 123 Å². The molecule has 4 nitrogen and oxygen atoms in total. The molecule has 2 aliphatic carbocycles. The Morgan fingerprint density at radius 2 is 1.36 bits per heavy atom. The highest BCUT2D eigenvalue weighted by Crippen LogP contribution is 2.61. The third kappa shape index (κ3) is 4.42. The first-order valence-corrected chi connectivity index (χ1v) is 14.5. The second-order valence-corrected chi connectivity index (χ2v) is 13.5. The number of amides is 1. The van der Waals surface area contributed by atoms with Crippen molar-refractivity contribution in [3.05, 3.63) is 65.0 Å². The lowest BCUT2D eigenvalue weighted by Gasteiger charge is -2.43. The van der Waals surface area contributed by atoms with E-state index in [-0.39, 0.29) is 22.6 Å². The minimum absolute atomic E-state index is 0.140. The van der Waals surface area contributed by atoms with Crippen molar-refractivity contribution in [1.82, 2.24) is 4.90 Å². The van der Waals surface area contributed by atoms with E-state index in [1.807, 2.05) is 0 Å². The van der Waals surface area contributed by atoms with Gasteiger partial charge < -0.3 is 4.90 Å². The molecule has 1 saturated heterocycles. The lowest BCUT2D eigenvalue weighted by molar-refractivity contribution is -0.348. The Bertz CT molecular complexity index is 1560. The summed E-state index contributed by atoms with van der Waals surface area (Å²) >= 11 is 0. The van der Waals surface area contributed by atoms with E-state index in [9.17, 15) is 65.9 Å². The summed E-state index contributed by atoms with van der Waals surface area (Å²) in [5, 5.41) is 0. The van der Waals surface area contributed by atoms with Gasteiger partial charge in [-0.2, -0.15) is 43.9 Å². The number of carbonyl (C=O) groups excluding carboxylic acids is 1. The number of likely N-dealkylation sites (tertiary alicyclic amines) is 1. The van der Waals surface area contributed by atoms with Crippen molar-refractivity contribution in [3.63, 3.8) is 0 Å². The van der Waals surface area contributed by atoms with Gasteiger partial charge >= 0.3 is 29.9 Å². The molecule has 3 atom stereocenters. The van der Waals surface area contributed by atoms with Gasteiger partial charge in [-0.3, -0.25) is 4.79 Å². The SMILES string of the molecule is O=C([C@@H]1CC[C@@]2(S(=O)(=O)c3ccc(F)cc3)c3ccc(C(F)(C(F)(F)F)C(F)(F)F)cc3CC[C@@H]12)N1CC(F)(F)C(F)(F)C1. The number of aryl methyl sites for hydroxylation is 1. The fourth-order valence-electron chi connectivity index (χ4n) is 6.83. The average Bonchev–Trinajstić information content (AvgIpc) is 3.41. The van der Waals surface area contributed by atoms with Crippen LogP contribution in [0.1, 0.15) is 36.0 Å². The molecule has 242 valence electrons. The predicted octanol–water partition coefficient (Wildman–Crippen LogP) is 6.87. The standard InChI is InChI=1S/C27H21F12NO3S/c28-16-3-5-17(6-4-16)44(42,43)22-10-9-18(21(41)40-12-23(29,30)24(31,32)13-40)20(22)7-1-14-11-15(2-8-19(14)22)25(33,26(34,35)36)27(37,38)39/h2-6,8,11,18,20H,1,7,9-10,12-13H2/t18-,20+,22-/m1/s1. The zero-order valence-electron chi connectivity index (χ0n) is 22.1. The summed E-state index contributed by atoms with van der Waals surface area (Å²) in [5.41, 5.74) is -8.46. The number of halogens is 12. The molecule has 2 aromatic rings. The Morgan fingerprint density at radius 1 is 0.818 bits per heavy atom. The third-order valence-corrected chi connectivity index (χ3v) is 11.5. The number of fused-ring (bicyclic) bond motifs is 3. The number of alkyl halides is 11. The molecular formula is C27H21F12NO3S. The van der Waals surface area contributed by atoms with Crippen LogP contribution in [0.25, 0.3) is 0 Å². The number of rotatable bonds is 4. The highest BCUT2D eigenvalue weighted by Gasteiger charge is 2.74. The van der Waals surface area contributed by atoms with Gasteiger partial charge in [0.25, 0.3) is 0 Å². The summed E-state index contributed by atoms with van der Waals surface area (Å²) < 4.78 is 191. The predicted molar refractivity (Wildman–Crippen MR) is 128 cm³/mol. The molecule has 0 radical (unpaired) electrons. The van der Waals surface area contributed by atoms with Gasteiger partial charge in [0, 0.05) is 11.5 Å². The molecule has 0 unspecified atom stereocenters. The second kappa shape index (κ2) is 9.76. The number of hydrogen-bond acceptors (Lipinski definition) is 3. The first-order valence-electron chi connectivity index (χ1n) is 13.0. The monoisotopic (exact) mass is 667 g/mol. The van der Waals surface area contributed by atoms with Crippen LogP contribution in [0.3, 0.4) is 0 Å². The minimum atomic E-state index is -6.46. The molecular weight excluding hydrogens is 646 g/mol. The Morgan fingerprint density at radius 3 is 1.89 bits per heavy atom. The van der Waals surface area contributed by atoms with Crippen LogP contribution in [0.15, 0.2) is 47.4 Å².